The van der Waals surface area contributed by atoms with Crippen LogP contribution in [0.2, 0.25) is 0 Å². The van der Waals surface area contributed by atoms with Crippen molar-refractivity contribution in [3.63, 3.8) is 0 Å². The topological polar surface area (TPSA) is 71.1 Å². The zero-order valence-electron chi connectivity index (χ0n) is 11.6. The number of benzene rings is 1. The monoisotopic (exact) mass is 281 g/mol. The molecule has 5 nitrogen and oxygen atoms in total. The number of ether oxygens (including phenoxy) is 1. The van der Waals surface area contributed by atoms with E-state index in [1.807, 2.05) is 0 Å². The van der Waals surface area contributed by atoms with E-state index in [0.29, 0.717) is 17.7 Å². The molecule has 0 saturated carbocycles. The van der Waals surface area contributed by atoms with Crippen molar-refractivity contribution in [1.29, 1.82) is 0 Å². The van der Waals surface area contributed by atoms with Crippen LogP contribution >= 0.6 is 0 Å². The summed E-state index contributed by atoms with van der Waals surface area (Å²) in [7, 11) is 1.71. The predicted octanol–water partition coefficient (Wildman–Crippen LogP) is 1.53. The van der Waals surface area contributed by atoms with E-state index in [-0.39, 0.29) is 17.8 Å². The van der Waals surface area contributed by atoms with Gasteiger partial charge in [-0.15, -0.1) is 0 Å². The summed E-state index contributed by atoms with van der Waals surface area (Å²) in [5, 5.41) is 11.5. The summed E-state index contributed by atoms with van der Waals surface area (Å²) >= 11 is 0. The van der Waals surface area contributed by atoms with Crippen molar-refractivity contribution in [3.8, 4) is 0 Å². The first-order chi connectivity index (χ1) is 9.63. The SMILES string of the molecule is COC1CCCN(Cc2ccc(/C(N)=N/O)cc2F)C1. The van der Waals surface area contributed by atoms with E-state index < -0.39 is 0 Å². The molecule has 1 saturated heterocycles. The van der Waals surface area contributed by atoms with E-state index in [2.05, 4.69) is 10.1 Å². The van der Waals surface area contributed by atoms with Crippen molar-refractivity contribution in [2.24, 2.45) is 10.9 Å². The summed E-state index contributed by atoms with van der Waals surface area (Å²) in [4.78, 5) is 2.18. The molecule has 0 spiro atoms. The highest BCUT2D eigenvalue weighted by Crippen LogP contribution is 2.18. The zero-order chi connectivity index (χ0) is 14.5. The maximum absolute atomic E-state index is 14.0. The molecule has 6 heteroatoms. The Balaban J connectivity index is 2.06. The highest BCUT2D eigenvalue weighted by molar-refractivity contribution is 5.97. The first-order valence-electron chi connectivity index (χ1n) is 6.65. The molecule has 1 atom stereocenters. The fourth-order valence-corrected chi connectivity index (χ4v) is 2.48. The Bertz CT molecular complexity index is 493. The van der Waals surface area contributed by atoms with Crippen LogP contribution in [0.1, 0.15) is 24.0 Å². The Morgan fingerprint density at radius 1 is 1.60 bits per heavy atom. The van der Waals surface area contributed by atoms with Gasteiger partial charge in [0.25, 0.3) is 0 Å². The third-order valence-corrected chi connectivity index (χ3v) is 3.65. The minimum absolute atomic E-state index is 0.0899. The van der Waals surface area contributed by atoms with Gasteiger partial charge in [0.2, 0.25) is 0 Å². The lowest BCUT2D eigenvalue weighted by atomic mass is 10.1. The summed E-state index contributed by atoms with van der Waals surface area (Å²) in [6.45, 7) is 2.31. The van der Waals surface area contributed by atoms with Gasteiger partial charge in [0.1, 0.15) is 5.82 Å². The number of methoxy groups -OCH3 is 1. The Labute approximate surface area is 117 Å². The number of oxime groups is 1. The van der Waals surface area contributed by atoms with Crippen LogP contribution in [0.5, 0.6) is 0 Å². The molecule has 3 N–H and O–H groups in total. The molecule has 1 aromatic rings. The van der Waals surface area contributed by atoms with Crippen LogP contribution in [0.25, 0.3) is 0 Å². The lowest BCUT2D eigenvalue weighted by molar-refractivity contribution is 0.0282. The summed E-state index contributed by atoms with van der Waals surface area (Å²) < 4.78 is 19.4. The van der Waals surface area contributed by atoms with Gasteiger partial charge in [-0.2, -0.15) is 0 Å². The highest BCUT2D eigenvalue weighted by Gasteiger charge is 2.20. The van der Waals surface area contributed by atoms with Crippen LogP contribution in [0, 0.1) is 5.82 Å². The summed E-state index contributed by atoms with van der Waals surface area (Å²) in [6, 6.07) is 4.63. The Morgan fingerprint density at radius 3 is 3.05 bits per heavy atom. The van der Waals surface area contributed by atoms with E-state index >= 15 is 0 Å². The molecule has 1 aliphatic heterocycles. The standard InChI is InChI=1S/C14H20FN3O2/c1-20-12-3-2-6-18(9-12)8-11-5-4-10(7-13(11)15)14(16)17-19/h4-5,7,12,19H,2-3,6,8-9H2,1H3,(H2,16,17). The summed E-state index contributed by atoms with van der Waals surface area (Å²) in [5.74, 6) is -0.429. The molecule has 0 aromatic heterocycles. The Kier molecular flexibility index (Phi) is 4.92. The molecular formula is C14H20FN3O2. The predicted molar refractivity (Wildman–Crippen MR) is 74.2 cm³/mol. The van der Waals surface area contributed by atoms with Gasteiger partial charge in [-0.1, -0.05) is 17.3 Å². The van der Waals surface area contributed by atoms with E-state index in [1.165, 1.54) is 6.07 Å². The fourth-order valence-electron chi connectivity index (χ4n) is 2.48. The highest BCUT2D eigenvalue weighted by atomic mass is 19.1. The molecule has 1 unspecified atom stereocenters. The largest absolute Gasteiger partial charge is 0.409 e. The van der Waals surface area contributed by atoms with E-state index in [9.17, 15) is 4.39 Å². The quantitative estimate of drug-likeness (QED) is 0.380. The number of nitrogens with zero attached hydrogens (tertiary/aromatic N) is 2. The molecule has 0 aliphatic carbocycles. The third kappa shape index (κ3) is 3.46. The zero-order valence-corrected chi connectivity index (χ0v) is 11.6. The molecule has 1 aliphatic rings. The van der Waals surface area contributed by atoms with Gasteiger partial charge in [0.15, 0.2) is 5.84 Å². The van der Waals surface area contributed by atoms with Crippen LogP contribution in [0.15, 0.2) is 23.4 Å². The normalized spacial score (nSPS) is 21.1. The van der Waals surface area contributed by atoms with Gasteiger partial charge < -0.3 is 15.7 Å². The first kappa shape index (κ1) is 14.7. The average Bonchev–Trinajstić information content (AvgIpc) is 2.48. The number of rotatable bonds is 4. The number of piperidine rings is 1. The van der Waals surface area contributed by atoms with E-state index in [0.717, 1.165) is 25.9 Å². The number of amidine groups is 1. The minimum atomic E-state index is -0.339. The van der Waals surface area contributed by atoms with Gasteiger partial charge in [-0.25, -0.2) is 4.39 Å². The maximum atomic E-state index is 14.0. The van der Waals surface area contributed by atoms with Crippen molar-refractivity contribution < 1.29 is 14.3 Å². The molecule has 1 aromatic carbocycles. The van der Waals surface area contributed by atoms with Gasteiger partial charge in [0, 0.05) is 31.3 Å². The van der Waals surface area contributed by atoms with E-state index in [4.69, 9.17) is 15.7 Å². The molecule has 0 radical (unpaired) electrons. The number of likely N-dealkylation sites (tertiary alicyclic amines) is 1. The van der Waals surface area contributed by atoms with Gasteiger partial charge in [-0.3, -0.25) is 4.90 Å². The van der Waals surface area contributed by atoms with Crippen LogP contribution in [0.3, 0.4) is 0 Å². The number of hydrogen-bond acceptors (Lipinski definition) is 4. The second kappa shape index (κ2) is 6.67. The third-order valence-electron chi connectivity index (χ3n) is 3.65. The molecule has 2 rings (SSSR count). The van der Waals surface area contributed by atoms with Gasteiger partial charge in [0.05, 0.1) is 6.10 Å². The number of halogens is 1. The first-order valence-corrected chi connectivity index (χ1v) is 6.65. The lowest BCUT2D eigenvalue weighted by Crippen LogP contribution is -2.38. The molecule has 0 bridgehead atoms. The van der Waals surface area contributed by atoms with Crippen molar-refractivity contribution in [2.45, 2.75) is 25.5 Å². The smallest absolute Gasteiger partial charge is 0.170 e. The second-order valence-corrected chi connectivity index (χ2v) is 5.03. The van der Waals surface area contributed by atoms with Crippen molar-refractivity contribution in [3.05, 3.63) is 35.1 Å². The number of nitrogens with two attached hydrogens (primary N) is 1. The van der Waals surface area contributed by atoms with E-state index in [1.54, 1.807) is 19.2 Å². The number of hydrogen-bond donors (Lipinski definition) is 2. The van der Waals surface area contributed by atoms with Gasteiger partial charge in [-0.05, 0) is 25.5 Å². The second-order valence-electron chi connectivity index (χ2n) is 5.03. The van der Waals surface area contributed by atoms with Crippen LogP contribution in [0.4, 0.5) is 4.39 Å². The molecular weight excluding hydrogens is 261 g/mol. The Hall–Kier alpha value is -1.66. The Morgan fingerprint density at radius 2 is 2.40 bits per heavy atom. The van der Waals surface area contributed by atoms with Crippen molar-refractivity contribution >= 4 is 5.84 Å². The fraction of sp³-hybridized carbons (Fsp3) is 0.500. The lowest BCUT2D eigenvalue weighted by Gasteiger charge is -2.31. The molecule has 1 fully saturated rings. The van der Waals surface area contributed by atoms with Gasteiger partial charge >= 0.3 is 0 Å². The molecule has 1 heterocycles. The molecule has 20 heavy (non-hydrogen) atoms. The molecule has 0 amide bonds. The van der Waals surface area contributed by atoms with Crippen molar-refractivity contribution in [1.82, 2.24) is 4.90 Å². The van der Waals surface area contributed by atoms with Crippen LogP contribution < -0.4 is 5.73 Å². The minimum Gasteiger partial charge on any atom is -0.409 e. The summed E-state index contributed by atoms with van der Waals surface area (Å²) in [6.07, 6.45) is 2.34. The summed E-state index contributed by atoms with van der Waals surface area (Å²) in [5.41, 5.74) is 6.42. The van der Waals surface area contributed by atoms with Crippen LogP contribution in [-0.2, 0) is 11.3 Å². The average molecular weight is 281 g/mol. The van der Waals surface area contributed by atoms with Crippen molar-refractivity contribution in [2.75, 3.05) is 20.2 Å². The van der Waals surface area contributed by atoms with Crippen LogP contribution in [-0.4, -0.2) is 42.2 Å². The maximum Gasteiger partial charge on any atom is 0.170 e. The molecule has 110 valence electrons.